The third-order valence-electron chi connectivity index (χ3n) is 2.08. The highest BCUT2D eigenvalue weighted by Gasteiger charge is 2.03. The molecule has 2 aromatic rings. The average Bonchev–Trinajstić information content (AvgIpc) is 2.29. The summed E-state index contributed by atoms with van der Waals surface area (Å²) >= 11 is 3.30. The molecule has 0 N–H and O–H groups in total. The molecule has 0 saturated heterocycles. The monoisotopic (exact) mass is 265 g/mol. The largest absolute Gasteiger partial charge is 0.220 e. The van der Waals surface area contributed by atoms with E-state index in [-0.39, 0.29) is 0 Å². The third kappa shape index (κ3) is 2.42. The van der Waals surface area contributed by atoms with Gasteiger partial charge in [-0.15, -0.1) is 0 Å². The standard InChI is InChI=1S/C12H9BrFN/c13-8-9-6-11(15-12(14)7-9)10-4-2-1-3-5-10/h1-7H,8H2. The average molecular weight is 266 g/mol. The van der Waals surface area contributed by atoms with Crippen LogP contribution in [0.25, 0.3) is 11.3 Å². The van der Waals surface area contributed by atoms with Gasteiger partial charge in [0.25, 0.3) is 0 Å². The number of aromatic nitrogens is 1. The first kappa shape index (κ1) is 10.3. The topological polar surface area (TPSA) is 12.9 Å². The Morgan fingerprint density at radius 1 is 1.13 bits per heavy atom. The normalized spacial score (nSPS) is 10.3. The molecular weight excluding hydrogens is 257 g/mol. The van der Waals surface area contributed by atoms with E-state index in [0.717, 1.165) is 11.1 Å². The number of rotatable bonds is 2. The van der Waals surface area contributed by atoms with Gasteiger partial charge in [0.1, 0.15) is 0 Å². The molecule has 0 aliphatic heterocycles. The summed E-state index contributed by atoms with van der Waals surface area (Å²) < 4.78 is 13.2. The van der Waals surface area contributed by atoms with Gasteiger partial charge in [0.15, 0.2) is 0 Å². The molecule has 0 fully saturated rings. The Balaban J connectivity index is 2.49. The predicted molar refractivity (Wildman–Crippen MR) is 62.3 cm³/mol. The molecule has 1 heterocycles. The molecule has 0 amide bonds. The minimum Gasteiger partial charge on any atom is -0.220 e. The second-order valence-electron chi connectivity index (χ2n) is 3.18. The quantitative estimate of drug-likeness (QED) is 0.595. The molecule has 0 bridgehead atoms. The summed E-state index contributed by atoms with van der Waals surface area (Å²) in [5.74, 6) is -0.439. The molecule has 1 aromatic heterocycles. The fourth-order valence-corrected chi connectivity index (χ4v) is 1.71. The van der Waals surface area contributed by atoms with Crippen molar-refractivity contribution in [2.24, 2.45) is 0 Å². The highest BCUT2D eigenvalue weighted by atomic mass is 79.9. The van der Waals surface area contributed by atoms with Gasteiger partial charge in [0.05, 0.1) is 5.69 Å². The first-order valence-electron chi connectivity index (χ1n) is 4.57. The van der Waals surface area contributed by atoms with E-state index >= 15 is 0 Å². The van der Waals surface area contributed by atoms with Crippen LogP contribution in [0.15, 0.2) is 42.5 Å². The Morgan fingerprint density at radius 2 is 1.87 bits per heavy atom. The van der Waals surface area contributed by atoms with Crippen molar-refractivity contribution >= 4 is 15.9 Å². The third-order valence-corrected chi connectivity index (χ3v) is 2.73. The van der Waals surface area contributed by atoms with E-state index in [2.05, 4.69) is 20.9 Å². The Morgan fingerprint density at radius 3 is 2.53 bits per heavy atom. The molecule has 1 nitrogen and oxygen atoms in total. The van der Waals surface area contributed by atoms with E-state index in [1.54, 1.807) is 0 Å². The number of hydrogen-bond acceptors (Lipinski definition) is 1. The molecular formula is C12H9BrFN. The summed E-state index contributed by atoms with van der Waals surface area (Å²) in [6.07, 6.45) is 0. The van der Waals surface area contributed by atoms with Crippen LogP contribution in [0.5, 0.6) is 0 Å². The van der Waals surface area contributed by atoms with Crippen LogP contribution in [0, 0.1) is 5.95 Å². The Kier molecular flexibility index (Phi) is 3.11. The van der Waals surface area contributed by atoms with Crippen molar-refractivity contribution in [2.45, 2.75) is 5.33 Å². The van der Waals surface area contributed by atoms with Crippen molar-refractivity contribution in [1.82, 2.24) is 4.98 Å². The molecule has 3 heteroatoms. The van der Waals surface area contributed by atoms with Crippen molar-refractivity contribution in [3.8, 4) is 11.3 Å². The van der Waals surface area contributed by atoms with E-state index < -0.39 is 5.95 Å². The molecule has 0 aliphatic rings. The second-order valence-corrected chi connectivity index (χ2v) is 3.74. The van der Waals surface area contributed by atoms with E-state index in [1.807, 2.05) is 36.4 Å². The molecule has 0 aliphatic carbocycles. The lowest BCUT2D eigenvalue weighted by molar-refractivity contribution is 0.584. The lowest BCUT2D eigenvalue weighted by Crippen LogP contribution is -1.90. The fraction of sp³-hybridized carbons (Fsp3) is 0.0833. The van der Waals surface area contributed by atoms with Gasteiger partial charge < -0.3 is 0 Å². The van der Waals surface area contributed by atoms with Crippen molar-refractivity contribution < 1.29 is 4.39 Å². The van der Waals surface area contributed by atoms with Crippen LogP contribution in [0.4, 0.5) is 4.39 Å². The fourth-order valence-electron chi connectivity index (χ4n) is 1.38. The van der Waals surface area contributed by atoms with Gasteiger partial charge in [0.2, 0.25) is 5.95 Å². The molecule has 0 radical (unpaired) electrons. The number of nitrogens with zero attached hydrogens (tertiary/aromatic N) is 1. The zero-order valence-electron chi connectivity index (χ0n) is 7.95. The second kappa shape index (κ2) is 4.53. The van der Waals surface area contributed by atoms with Gasteiger partial charge in [0, 0.05) is 10.9 Å². The first-order chi connectivity index (χ1) is 7.29. The molecule has 0 unspecified atom stereocenters. The Bertz CT molecular complexity index is 456. The highest BCUT2D eigenvalue weighted by molar-refractivity contribution is 9.08. The summed E-state index contributed by atoms with van der Waals surface area (Å²) in [7, 11) is 0. The van der Waals surface area contributed by atoms with E-state index in [1.165, 1.54) is 6.07 Å². The molecule has 15 heavy (non-hydrogen) atoms. The SMILES string of the molecule is Fc1cc(CBr)cc(-c2ccccc2)n1. The molecule has 0 saturated carbocycles. The zero-order chi connectivity index (χ0) is 10.7. The maximum Gasteiger partial charge on any atom is 0.213 e. The van der Waals surface area contributed by atoms with Crippen molar-refractivity contribution in [3.05, 3.63) is 54.0 Å². The highest BCUT2D eigenvalue weighted by Crippen LogP contribution is 2.19. The van der Waals surface area contributed by atoms with Crippen LogP contribution in [-0.2, 0) is 5.33 Å². The molecule has 2 rings (SSSR count). The smallest absolute Gasteiger partial charge is 0.213 e. The number of pyridine rings is 1. The van der Waals surface area contributed by atoms with E-state index in [9.17, 15) is 4.39 Å². The van der Waals surface area contributed by atoms with Gasteiger partial charge >= 0.3 is 0 Å². The van der Waals surface area contributed by atoms with E-state index in [0.29, 0.717) is 11.0 Å². The Labute approximate surface area is 96.1 Å². The molecule has 1 aromatic carbocycles. The van der Waals surface area contributed by atoms with Crippen molar-refractivity contribution in [1.29, 1.82) is 0 Å². The minimum atomic E-state index is -0.439. The van der Waals surface area contributed by atoms with Gasteiger partial charge in [-0.3, -0.25) is 0 Å². The number of benzene rings is 1. The first-order valence-corrected chi connectivity index (χ1v) is 5.69. The minimum absolute atomic E-state index is 0.439. The summed E-state index contributed by atoms with van der Waals surface area (Å²) in [5, 5.41) is 0.631. The molecule has 0 spiro atoms. The van der Waals surface area contributed by atoms with Crippen molar-refractivity contribution in [3.63, 3.8) is 0 Å². The van der Waals surface area contributed by atoms with Crippen LogP contribution in [0.2, 0.25) is 0 Å². The van der Waals surface area contributed by atoms with Gasteiger partial charge in [-0.05, 0) is 17.7 Å². The van der Waals surface area contributed by atoms with Crippen LogP contribution >= 0.6 is 15.9 Å². The lowest BCUT2D eigenvalue weighted by atomic mass is 10.1. The number of alkyl halides is 1. The Hall–Kier alpha value is -1.22. The zero-order valence-corrected chi connectivity index (χ0v) is 9.54. The number of halogens is 2. The van der Waals surface area contributed by atoms with Crippen LogP contribution < -0.4 is 0 Å². The number of hydrogen-bond donors (Lipinski definition) is 0. The molecule has 0 atom stereocenters. The van der Waals surface area contributed by atoms with E-state index in [4.69, 9.17) is 0 Å². The van der Waals surface area contributed by atoms with Gasteiger partial charge in [-0.25, -0.2) is 4.98 Å². The van der Waals surface area contributed by atoms with Crippen molar-refractivity contribution in [2.75, 3.05) is 0 Å². The van der Waals surface area contributed by atoms with Gasteiger partial charge in [-0.1, -0.05) is 46.3 Å². The summed E-state index contributed by atoms with van der Waals surface area (Å²) in [5.41, 5.74) is 2.49. The maximum atomic E-state index is 13.2. The van der Waals surface area contributed by atoms with Crippen LogP contribution in [0.3, 0.4) is 0 Å². The van der Waals surface area contributed by atoms with Crippen LogP contribution in [-0.4, -0.2) is 4.98 Å². The summed E-state index contributed by atoms with van der Waals surface area (Å²) in [6.45, 7) is 0. The van der Waals surface area contributed by atoms with Gasteiger partial charge in [-0.2, -0.15) is 4.39 Å². The molecule has 76 valence electrons. The lowest BCUT2D eigenvalue weighted by Gasteiger charge is -2.03. The van der Waals surface area contributed by atoms with Crippen LogP contribution in [0.1, 0.15) is 5.56 Å². The predicted octanol–water partition coefficient (Wildman–Crippen LogP) is 3.78. The summed E-state index contributed by atoms with van der Waals surface area (Å²) in [4.78, 5) is 3.86. The summed E-state index contributed by atoms with van der Waals surface area (Å²) in [6, 6.07) is 12.9. The maximum absolute atomic E-state index is 13.2.